The summed E-state index contributed by atoms with van der Waals surface area (Å²) in [5, 5.41) is 0. The number of ether oxygens (including phenoxy) is 3. The maximum atomic E-state index is 12.6. The predicted molar refractivity (Wildman–Crippen MR) is 73.5 cm³/mol. The summed E-state index contributed by atoms with van der Waals surface area (Å²) in [6, 6.07) is 5.03. The molecule has 1 aromatic rings. The SMILES string of the molecule is COC(=O)C1COCCN1S(=O)(=O)c1ccc(OC)cc1. The molecule has 116 valence electrons. The molecule has 2 rings (SSSR count). The lowest BCUT2D eigenvalue weighted by Gasteiger charge is -2.32. The van der Waals surface area contributed by atoms with E-state index in [9.17, 15) is 13.2 Å². The molecule has 0 bridgehead atoms. The highest BCUT2D eigenvalue weighted by Crippen LogP contribution is 2.23. The fourth-order valence-electron chi connectivity index (χ4n) is 2.08. The topological polar surface area (TPSA) is 82.1 Å². The first-order valence-electron chi connectivity index (χ1n) is 6.32. The number of rotatable bonds is 4. The number of carbonyl (C=O) groups is 1. The Morgan fingerprint density at radius 3 is 2.52 bits per heavy atom. The summed E-state index contributed by atoms with van der Waals surface area (Å²) in [7, 11) is -1.08. The van der Waals surface area contributed by atoms with Crippen molar-refractivity contribution in [3.8, 4) is 5.75 Å². The molecular formula is C13H17NO6S. The molecule has 0 aromatic heterocycles. The molecule has 0 N–H and O–H groups in total. The van der Waals surface area contributed by atoms with Crippen LogP contribution in [0.3, 0.4) is 0 Å². The standard InChI is InChI=1S/C13H17NO6S/c1-18-10-3-5-11(6-4-10)21(16,17)14-7-8-20-9-12(14)13(15)19-2/h3-6,12H,7-9H2,1-2H3. The maximum absolute atomic E-state index is 12.6. The number of nitrogens with zero attached hydrogens (tertiary/aromatic N) is 1. The fourth-order valence-corrected chi connectivity index (χ4v) is 3.63. The summed E-state index contributed by atoms with van der Waals surface area (Å²) < 4.78 is 41.2. The van der Waals surface area contributed by atoms with Crippen molar-refractivity contribution >= 4 is 16.0 Å². The van der Waals surface area contributed by atoms with Gasteiger partial charge in [-0.15, -0.1) is 0 Å². The van der Waals surface area contributed by atoms with Crippen LogP contribution in [0.5, 0.6) is 5.75 Å². The molecule has 0 saturated carbocycles. The monoisotopic (exact) mass is 315 g/mol. The summed E-state index contributed by atoms with van der Waals surface area (Å²) >= 11 is 0. The Kier molecular flexibility index (Phi) is 4.81. The van der Waals surface area contributed by atoms with Gasteiger partial charge < -0.3 is 14.2 Å². The van der Waals surface area contributed by atoms with E-state index in [-0.39, 0.29) is 24.7 Å². The lowest BCUT2D eigenvalue weighted by atomic mass is 10.3. The van der Waals surface area contributed by atoms with Crippen molar-refractivity contribution in [2.45, 2.75) is 10.9 Å². The van der Waals surface area contributed by atoms with Gasteiger partial charge in [-0.05, 0) is 24.3 Å². The molecule has 1 aliphatic rings. The zero-order valence-electron chi connectivity index (χ0n) is 11.8. The molecule has 0 spiro atoms. The third kappa shape index (κ3) is 3.17. The van der Waals surface area contributed by atoms with E-state index in [0.717, 1.165) is 4.31 Å². The van der Waals surface area contributed by atoms with Crippen molar-refractivity contribution < 1.29 is 27.4 Å². The van der Waals surface area contributed by atoms with Crippen molar-refractivity contribution in [3.05, 3.63) is 24.3 Å². The lowest BCUT2D eigenvalue weighted by molar-refractivity contribution is -0.149. The first kappa shape index (κ1) is 15.7. The van der Waals surface area contributed by atoms with Crippen molar-refractivity contribution in [2.24, 2.45) is 0 Å². The number of benzene rings is 1. The number of carbonyl (C=O) groups excluding carboxylic acids is 1. The third-order valence-electron chi connectivity index (χ3n) is 3.22. The van der Waals surface area contributed by atoms with E-state index in [4.69, 9.17) is 9.47 Å². The summed E-state index contributed by atoms with van der Waals surface area (Å²) in [5.74, 6) is -0.0766. The molecule has 1 fully saturated rings. The van der Waals surface area contributed by atoms with Gasteiger partial charge in [0.25, 0.3) is 0 Å². The van der Waals surface area contributed by atoms with E-state index in [1.54, 1.807) is 12.1 Å². The summed E-state index contributed by atoms with van der Waals surface area (Å²) in [4.78, 5) is 11.8. The molecule has 21 heavy (non-hydrogen) atoms. The number of esters is 1. The molecule has 1 atom stereocenters. The van der Waals surface area contributed by atoms with Gasteiger partial charge in [0.1, 0.15) is 11.8 Å². The van der Waals surface area contributed by atoms with E-state index in [2.05, 4.69) is 4.74 Å². The maximum Gasteiger partial charge on any atom is 0.326 e. The van der Waals surface area contributed by atoms with Gasteiger partial charge in [-0.25, -0.2) is 8.42 Å². The number of methoxy groups -OCH3 is 2. The smallest absolute Gasteiger partial charge is 0.326 e. The molecule has 8 heteroatoms. The highest BCUT2D eigenvalue weighted by Gasteiger charge is 2.38. The van der Waals surface area contributed by atoms with Gasteiger partial charge in [-0.2, -0.15) is 4.31 Å². The van der Waals surface area contributed by atoms with Gasteiger partial charge in [0, 0.05) is 6.54 Å². The van der Waals surface area contributed by atoms with Crippen molar-refractivity contribution in [3.63, 3.8) is 0 Å². The van der Waals surface area contributed by atoms with Crippen LogP contribution in [-0.4, -0.2) is 58.7 Å². The Morgan fingerprint density at radius 1 is 1.29 bits per heavy atom. The van der Waals surface area contributed by atoms with Gasteiger partial charge >= 0.3 is 5.97 Å². The van der Waals surface area contributed by atoms with Crippen LogP contribution in [0.1, 0.15) is 0 Å². The van der Waals surface area contributed by atoms with Gasteiger partial charge in [-0.3, -0.25) is 4.79 Å². The molecule has 1 heterocycles. The van der Waals surface area contributed by atoms with E-state index in [1.165, 1.54) is 26.4 Å². The second kappa shape index (κ2) is 6.42. The molecular weight excluding hydrogens is 298 g/mol. The number of sulfonamides is 1. The normalized spacial score (nSPS) is 20.0. The van der Waals surface area contributed by atoms with E-state index >= 15 is 0 Å². The average Bonchev–Trinajstić information content (AvgIpc) is 2.54. The summed E-state index contributed by atoms with van der Waals surface area (Å²) in [6.07, 6.45) is 0. The van der Waals surface area contributed by atoms with Crippen LogP contribution < -0.4 is 4.74 Å². The van der Waals surface area contributed by atoms with Gasteiger partial charge in [-0.1, -0.05) is 0 Å². The minimum absolute atomic E-state index is 0.0118. The Labute approximate surface area is 123 Å². The van der Waals surface area contributed by atoms with E-state index in [0.29, 0.717) is 5.75 Å². The Morgan fingerprint density at radius 2 is 1.95 bits per heavy atom. The zero-order valence-corrected chi connectivity index (χ0v) is 12.6. The lowest BCUT2D eigenvalue weighted by Crippen LogP contribution is -2.52. The van der Waals surface area contributed by atoms with Crippen LogP contribution in [0.25, 0.3) is 0 Å². The quantitative estimate of drug-likeness (QED) is 0.741. The average molecular weight is 315 g/mol. The Bertz CT molecular complexity index is 598. The van der Waals surface area contributed by atoms with Gasteiger partial charge in [0.15, 0.2) is 0 Å². The Hall–Kier alpha value is -1.64. The molecule has 0 radical (unpaired) electrons. The van der Waals surface area contributed by atoms with Crippen LogP contribution in [0.4, 0.5) is 0 Å². The number of hydrogen-bond acceptors (Lipinski definition) is 6. The third-order valence-corrected chi connectivity index (χ3v) is 5.14. The van der Waals surface area contributed by atoms with Crippen LogP contribution in [0.15, 0.2) is 29.2 Å². The summed E-state index contributed by atoms with van der Waals surface area (Å²) in [6.45, 7) is 0.332. The van der Waals surface area contributed by atoms with Crippen LogP contribution >= 0.6 is 0 Å². The van der Waals surface area contributed by atoms with Crippen molar-refractivity contribution in [1.82, 2.24) is 4.31 Å². The van der Waals surface area contributed by atoms with Crippen molar-refractivity contribution in [1.29, 1.82) is 0 Å². The second-order valence-electron chi connectivity index (χ2n) is 4.41. The summed E-state index contributed by atoms with van der Waals surface area (Å²) in [5.41, 5.74) is 0. The molecule has 1 saturated heterocycles. The molecule has 1 aromatic carbocycles. The van der Waals surface area contributed by atoms with E-state index in [1.807, 2.05) is 0 Å². The van der Waals surface area contributed by atoms with E-state index < -0.39 is 22.0 Å². The minimum Gasteiger partial charge on any atom is -0.497 e. The molecule has 7 nitrogen and oxygen atoms in total. The first-order valence-corrected chi connectivity index (χ1v) is 7.76. The zero-order chi connectivity index (χ0) is 15.5. The van der Waals surface area contributed by atoms with Crippen LogP contribution in [0.2, 0.25) is 0 Å². The highest BCUT2D eigenvalue weighted by molar-refractivity contribution is 7.89. The van der Waals surface area contributed by atoms with Crippen LogP contribution in [-0.2, 0) is 24.3 Å². The fraction of sp³-hybridized carbons (Fsp3) is 0.462. The largest absolute Gasteiger partial charge is 0.497 e. The minimum atomic E-state index is -3.79. The van der Waals surface area contributed by atoms with Gasteiger partial charge in [0.2, 0.25) is 10.0 Å². The Balaban J connectivity index is 2.33. The molecule has 1 unspecified atom stereocenters. The number of hydrogen-bond donors (Lipinski definition) is 0. The predicted octanol–water partition coefficient (Wildman–Crippen LogP) is 0.258. The van der Waals surface area contributed by atoms with Gasteiger partial charge in [0.05, 0.1) is 32.3 Å². The first-order chi connectivity index (χ1) is 10.0. The molecule has 0 amide bonds. The second-order valence-corrected chi connectivity index (χ2v) is 6.30. The number of morpholine rings is 1. The molecule has 1 aliphatic heterocycles. The molecule has 0 aliphatic carbocycles. The highest BCUT2D eigenvalue weighted by atomic mass is 32.2. The van der Waals surface area contributed by atoms with Crippen molar-refractivity contribution in [2.75, 3.05) is 34.0 Å². The van der Waals surface area contributed by atoms with Crippen LogP contribution in [0, 0.1) is 0 Å².